The molecule has 0 unspecified atom stereocenters. The first-order valence-electron chi connectivity index (χ1n) is 7.68. The number of nitrogens with zero attached hydrogens (tertiary/aromatic N) is 1. The second-order valence-corrected chi connectivity index (χ2v) is 22.2. The van der Waals surface area contributed by atoms with Crippen molar-refractivity contribution < 1.29 is 19.4 Å². The van der Waals surface area contributed by atoms with E-state index in [9.17, 15) is 14.7 Å². The third-order valence-corrected chi connectivity index (χ3v) is 9.24. The van der Waals surface area contributed by atoms with Gasteiger partial charge in [-0.25, -0.2) is 0 Å². The number of carbonyl (C=O) groups excluding carboxylic acids is 1. The van der Waals surface area contributed by atoms with Gasteiger partial charge in [0.15, 0.2) is 0 Å². The zero-order valence-corrected chi connectivity index (χ0v) is 17.9. The Morgan fingerprint density at radius 1 is 1.13 bits per heavy atom. The molecule has 0 saturated carbocycles. The number of carbonyl (C=O) groups is 2. The summed E-state index contributed by atoms with van der Waals surface area (Å²) in [4.78, 5) is 31.9. The molecule has 128 valence electrons. The Morgan fingerprint density at radius 2 is 1.61 bits per heavy atom. The van der Waals surface area contributed by atoms with Crippen LogP contribution in [0.2, 0.25) is 14.8 Å². The van der Waals surface area contributed by atoms with Crippen molar-refractivity contribution in [3.63, 3.8) is 0 Å². The van der Waals surface area contributed by atoms with Crippen molar-refractivity contribution in [1.82, 2.24) is 0 Å². The van der Waals surface area contributed by atoms with Crippen molar-refractivity contribution in [2.75, 3.05) is 4.90 Å². The number of benzene rings is 1. The van der Waals surface area contributed by atoms with Gasteiger partial charge in [0, 0.05) is 0 Å². The molecular formula is C17H27NO4Sn. The van der Waals surface area contributed by atoms with Crippen molar-refractivity contribution >= 4 is 39.7 Å². The van der Waals surface area contributed by atoms with Gasteiger partial charge in [0.25, 0.3) is 0 Å². The summed E-state index contributed by atoms with van der Waals surface area (Å²) in [5.74, 6) is -1.07. The SMILES string of the molecule is C[C@@H](C(=O)O)N(C(=O)OC(C)(C)C)c1cc[c]([Sn]([CH3])([CH3])[CH3])cc1. The predicted molar refractivity (Wildman–Crippen MR) is 95.2 cm³/mol. The van der Waals surface area contributed by atoms with E-state index < -0.39 is 42.1 Å². The Morgan fingerprint density at radius 3 is 1.96 bits per heavy atom. The Bertz CT molecular complexity index is 570. The van der Waals surface area contributed by atoms with Crippen LogP contribution >= 0.6 is 0 Å². The van der Waals surface area contributed by atoms with Gasteiger partial charge in [-0.15, -0.1) is 0 Å². The van der Waals surface area contributed by atoms with Crippen molar-refractivity contribution in [2.24, 2.45) is 0 Å². The third-order valence-electron chi connectivity index (χ3n) is 3.35. The number of hydrogen-bond donors (Lipinski definition) is 1. The van der Waals surface area contributed by atoms with Crippen molar-refractivity contribution in [1.29, 1.82) is 0 Å². The Kier molecular flexibility index (Phi) is 6.12. The fourth-order valence-corrected chi connectivity index (χ4v) is 5.36. The van der Waals surface area contributed by atoms with Crippen LogP contribution in [0.3, 0.4) is 0 Å². The molecule has 1 rings (SSSR count). The van der Waals surface area contributed by atoms with Gasteiger partial charge in [0.1, 0.15) is 0 Å². The average Bonchev–Trinajstić information content (AvgIpc) is 2.36. The first-order valence-corrected chi connectivity index (χ1v) is 17.7. The van der Waals surface area contributed by atoms with Crippen LogP contribution in [0.25, 0.3) is 0 Å². The molecule has 1 N–H and O–H groups in total. The monoisotopic (exact) mass is 429 g/mol. The van der Waals surface area contributed by atoms with Crippen LogP contribution in [0.5, 0.6) is 0 Å². The number of anilines is 1. The van der Waals surface area contributed by atoms with E-state index >= 15 is 0 Å². The molecule has 0 bridgehead atoms. The van der Waals surface area contributed by atoms with Crippen molar-refractivity contribution in [2.45, 2.75) is 54.2 Å². The Labute approximate surface area is 142 Å². The van der Waals surface area contributed by atoms with Crippen LogP contribution in [0.1, 0.15) is 27.7 Å². The summed E-state index contributed by atoms with van der Waals surface area (Å²) in [5.41, 5.74) is -0.150. The van der Waals surface area contributed by atoms with Gasteiger partial charge in [0.05, 0.1) is 0 Å². The third kappa shape index (κ3) is 5.71. The van der Waals surface area contributed by atoms with E-state index in [0.717, 1.165) is 0 Å². The van der Waals surface area contributed by atoms with E-state index in [0.29, 0.717) is 5.69 Å². The molecule has 1 amide bonds. The summed E-state index contributed by atoms with van der Waals surface area (Å²) >= 11 is -2.19. The van der Waals surface area contributed by atoms with Crippen LogP contribution in [-0.2, 0) is 9.53 Å². The van der Waals surface area contributed by atoms with Crippen LogP contribution in [0, 0.1) is 0 Å². The van der Waals surface area contributed by atoms with E-state index in [2.05, 4.69) is 14.8 Å². The van der Waals surface area contributed by atoms with Gasteiger partial charge >= 0.3 is 142 Å². The van der Waals surface area contributed by atoms with E-state index in [1.54, 1.807) is 32.9 Å². The van der Waals surface area contributed by atoms with Gasteiger partial charge < -0.3 is 0 Å². The summed E-state index contributed by atoms with van der Waals surface area (Å²) in [6, 6.07) is 6.60. The first-order chi connectivity index (χ1) is 10.3. The molecule has 0 radical (unpaired) electrons. The molecule has 23 heavy (non-hydrogen) atoms. The van der Waals surface area contributed by atoms with Gasteiger partial charge in [0.2, 0.25) is 0 Å². The number of ether oxygens (including phenoxy) is 1. The average molecular weight is 428 g/mol. The quantitative estimate of drug-likeness (QED) is 0.747. The second-order valence-electron chi connectivity index (χ2n) is 7.66. The summed E-state index contributed by atoms with van der Waals surface area (Å²) in [6.07, 6.45) is -0.653. The molecular weight excluding hydrogens is 401 g/mol. The number of rotatable bonds is 4. The summed E-state index contributed by atoms with van der Waals surface area (Å²) in [5, 5.41) is 9.31. The molecule has 0 heterocycles. The first kappa shape index (κ1) is 19.8. The molecule has 1 atom stereocenters. The van der Waals surface area contributed by atoms with Gasteiger partial charge in [-0.3, -0.25) is 0 Å². The Hall–Kier alpha value is -1.24. The van der Waals surface area contributed by atoms with Crippen molar-refractivity contribution in [3.05, 3.63) is 24.3 Å². The summed E-state index contributed by atoms with van der Waals surface area (Å²) in [6.45, 7) is 6.74. The van der Waals surface area contributed by atoms with Crippen LogP contribution in [0.15, 0.2) is 24.3 Å². The standard InChI is InChI=1S/C14H18NO4.3CH3.Sn/c1-10(12(16)17)15(11-8-6-5-7-9-11)13(18)19-14(2,3)4;;;;/h6-10H,1-4H3,(H,16,17);3*1H3;/t10-;;;;/m0..../s1. The zero-order chi connectivity index (χ0) is 18.0. The number of amides is 1. The fourth-order valence-electron chi connectivity index (χ4n) is 2.03. The van der Waals surface area contributed by atoms with Gasteiger partial charge in [-0.05, 0) is 0 Å². The van der Waals surface area contributed by atoms with E-state index in [-0.39, 0.29) is 0 Å². The molecule has 0 saturated heterocycles. The number of aliphatic carboxylic acids is 1. The molecule has 0 spiro atoms. The van der Waals surface area contributed by atoms with Crippen LogP contribution in [0.4, 0.5) is 10.5 Å². The molecule has 0 aliphatic rings. The molecule has 0 aromatic heterocycles. The molecule has 1 aromatic carbocycles. The zero-order valence-electron chi connectivity index (χ0n) is 15.0. The van der Waals surface area contributed by atoms with Crippen LogP contribution in [-0.4, -0.2) is 47.2 Å². The predicted octanol–water partition coefficient (Wildman–Crippen LogP) is 3.45. The minimum atomic E-state index is -2.19. The number of carboxylic acids is 1. The minimum absolute atomic E-state index is 0.536. The normalized spacial score (nSPS) is 13.3. The van der Waals surface area contributed by atoms with E-state index in [4.69, 9.17) is 4.74 Å². The summed E-state index contributed by atoms with van der Waals surface area (Å²) in [7, 11) is 0. The van der Waals surface area contributed by atoms with E-state index in [1.165, 1.54) is 15.4 Å². The molecule has 1 aromatic rings. The second kappa shape index (κ2) is 7.11. The topological polar surface area (TPSA) is 66.8 Å². The number of hydrogen-bond acceptors (Lipinski definition) is 3. The molecule has 6 heteroatoms. The molecule has 5 nitrogen and oxygen atoms in total. The molecule has 0 fully saturated rings. The maximum absolute atomic E-state index is 12.4. The van der Waals surface area contributed by atoms with Gasteiger partial charge in [-0.2, -0.15) is 0 Å². The van der Waals surface area contributed by atoms with Gasteiger partial charge in [-0.1, -0.05) is 0 Å². The maximum atomic E-state index is 12.4. The van der Waals surface area contributed by atoms with E-state index in [1.807, 2.05) is 12.1 Å². The fraction of sp³-hybridized carbons (Fsp3) is 0.529. The van der Waals surface area contributed by atoms with Crippen molar-refractivity contribution in [3.8, 4) is 0 Å². The molecule has 0 aliphatic carbocycles. The number of carboxylic acid groups (broad SMARTS) is 1. The van der Waals surface area contributed by atoms with Crippen LogP contribution < -0.4 is 8.48 Å². The summed E-state index contributed by atoms with van der Waals surface area (Å²) < 4.78 is 6.67. The Balaban J connectivity index is 3.19. The molecule has 0 aliphatic heterocycles.